The highest BCUT2D eigenvalue weighted by atomic mass is 19.1. The summed E-state index contributed by atoms with van der Waals surface area (Å²) in [5.41, 5.74) is 2.36. The molecule has 0 saturated carbocycles. The first-order valence-electron chi connectivity index (χ1n) is 8.44. The van der Waals surface area contributed by atoms with Gasteiger partial charge in [-0.1, -0.05) is 30.3 Å². The third-order valence-corrected chi connectivity index (χ3v) is 4.60. The van der Waals surface area contributed by atoms with Crippen LogP contribution in [0.4, 0.5) is 8.78 Å². The number of nitrogens with one attached hydrogen (secondary N) is 1. The third-order valence-electron chi connectivity index (χ3n) is 4.60. The van der Waals surface area contributed by atoms with Crippen molar-refractivity contribution in [3.05, 3.63) is 87.3 Å². The number of aromatic amines is 1. The standard InChI is InChI=1S/C20H17F2N3O/c21-15-6-7-17(22)14(10-15)11-25-9-8-16-18(12-25)23-19(24-20(16)26)13-4-2-1-3-5-13/h1-7,10H,8-9,11-12H2,(H,23,24,26). The molecule has 6 heteroatoms. The highest BCUT2D eigenvalue weighted by molar-refractivity contribution is 5.54. The molecule has 3 aromatic rings. The molecule has 1 N–H and O–H groups in total. The van der Waals surface area contributed by atoms with Gasteiger partial charge in [0.15, 0.2) is 0 Å². The van der Waals surface area contributed by atoms with E-state index in [1.54, 1.807) is 0 Å². The Morgan fingerprint density at radius 1 is 1.12 bits per heavy atom. The number of hydrogen-bond donors (Lipinski definition) is 1. The second kappa shape index (κ2) is 6.80. The maximum absolute atomic E-state index is 13.9. The first-order chi connectivity index (χ1) is 12.6. The molecule has 0 radical (unpaired) electrons. The van der Waals surface area contributed by atoms with E-state index in [1.165, 1.54) is 6.07 Å². The van der Waals surface area contributed by atoms with Crippen molar-refractivity contribution in [3.63, 3.8) is 0 Å². The van der Waals surface area contributed by atoms with E-state index < -0.39 is 11.6 Å². The molecule has 0 amide bonds. The lowest BCUT2D eigenvalue weighted by Gasteiger charge is -2.27. The predicted octanol–water partition coefficient (Wildman–Crippen LogP) is 3.27. The van der Waals surface area contributed by atoms with Crippen molar-refractivity contribution in [1.82, 2.24) is 14.9 Å². The maximum Gasteiger partial charge on any atom is 0.254 e. The molecule has 4 nitrogen and oxygen atoms in total. The van der Waals surface area contributed by atoms with Crippen molar-refractivity contribution in [1.29, 1.82) is 0 Å². The van der Waals surface area contributed by atoms with Crippen molar-refractivity contribution in [2.45, 2.75) is 19.5 Å². The van der Waals surface area contributed by atoms with Crippen molar-refractivity contribution >= 4 is 0 Å². The molecule has 1 aliphatic rings. The van der Waals surface area contributed by atoms with Gasteiger partial charge in [-0.2, -0.15) is 0 Å². The van der Waals surface area contributed by atoms with Gasteiger partial charge < -0.3 is 4.98 Å². The van der Waals surface area contributed by atoms with Gasteiger partial charge in [0.25, 0.3) is 5.56 Å². The molecule has 0 aliphatic carbocycles. The van der Waals surface area contributed by atoms with E-state index in [1.807, 2.05) is 35.2 Å². The third kappa shape index (κ3) is 3.28. The molecule has 0 atom stereocenters. The monoisotopic (exact) mass is 353 g/mol. The van der Waals surface area contributed by atoms with E-state index in [4.69, 9.17) is 0 Å². The Kier molecular flexibility index (Phi) is 4.34. The number of benzene rings is 2. The molecule has 26 heavy (non-hydrogen) atoms. The summed E-state index contributed by atoms with van der Waals surface area (Å²) in [5, 5.41) is 0. The van der Waals surface area contributed by atoms with Crippen LogP contribution in [0.3, 0.4) is 0 Å². The minimum atomic E-state index is -0.459. The Morgan fingerprint density at radius 2 is 1.92 bits per heavy atom. The van der Waals surface area contributed by atoms with Gasteiger partial charge in [0.05, 0.1) is 5.69 Å². The van der Waals surface area contributed by atoms with E-state index >= 15 is 0 Å². The Balaban J connectivity index is 1.62. The van der Waals surface area contributed by atoms with Crippen LogP contribution in [0.2, 0.25) is 0 Å². The summed E-state index contributed by atoms with van der Waals surface area (Å²) in [7, 11) is 0. The SMILES string of the molecule is O=c1[nH]c(-c2ccccc2)nc2c1CCN(Cc1cc(F)ccc1F)C2. The van der Waals surface area contributed by atoms with E-state index in [2.05, 4.69) is 9.97 Å². The predicted molar refractivity (Wildman–Crippen MR) is 94.5 cm³/mol. The molecular formula is C20H17F2N3O. The first-order valence-corrected chi connectivity index (χ1v) is 8.44. The Morgan fingerprint density at radius 3 is 2.73 bits per heavy atom. The summed E-state index contributed by atoms with van der Waals surface area (Å²) in [6, 6.07) is 12.9. The summed E-state index contributed by atoms with van der Waals surface area (Å²) < 4.78 is 27.3. The highest BCUT2D eigenvalue weighted by Crippen LogP contribution is 2.21. The average Bonchev–Trinajstić information content (AvgIpc) is 2.65. The van der Waals surface area contributed by atoms with Crippen LogP contribution in [-0.2, 0) is 19.5 Å². The molecule has 0 saturated heterocycles. The van der Waals surface area contributed by atoms with Gasteiger partial charge in [0.1, 0.15) is 17.5 Å². The van der Waals surface area contributed by atoms with Crippen LogP contribution in [0.1, 0.15) is 16.8 Å². The summed E-state index contributed by atoms with van der Waals surface area (Å²) in [5.74, 6) is -0.367. The van der Waals surface area contributed by atoms with Crippen LogP contribution >= 0.6 is 0 Å². The van der Waals surface area contributed by atoms with Gasteiger partial charge in [0, 0.05) is 36.3 Å². The minimum Gasteiger partial charge on any atom is -0.306 e. The topological polar surface area (TPSA) is 49.0 Å². The molecule has 1 aromatic heterocycles. The lowest BCUT2D eigenvalue weighted by atomic mass is 10.0. The number of aromatic nitrogens is 2. The summed E-state index contributed by atoms with van der Waals surface area (Å²) >= 11 is 0. The molecule has 132 valence electrons. The number of halogens is 2. The zero-order valence-electron chi connectivity index (χ0n) is 14.0. The zero-order valence-corrected chi connectivity index (χ0v) is 14.0. The second-order valence-electron chi connectivity index (χ2n) is 6.40. The Labute approximate surface area is 149 Å². The van der Waals surface area contributed by atoms with Crippen molar-refractivity contribution < 1.29 is 8.78 Å². The van der Waals surface area contributed by atoms with Gasteiger partial charge in [-0.15, -0.1) is 0 Å². The fourth-order valence-corrected chi connectivity index (χ4v) is 3.27. The van der Waals surface area contributed by atoms with Crippen molar-refractivity contribution in [2.75, 3.05) is 6.54 Å². The summed E-state index contributed by atoms with van der Waals surface area (Å²) in [4.78, 5) is 21.8. The van der Waals surface area contributed by atoms with Gasteiger partial charge >= 0.3 is 0 Å². The molecular weight excluding hydrogens is 336 g/mol. The quantitative estimate of drug-likeness (QED) is 0.786. The van der Waals surface area contributed by atoms with Crippen LogP contribution < -0.4 is 5.56 Å². The number of hydrogen-bond acceptors (Lipinski definition) is 3. The summed E-state index contributed by atoms with van der Waals surface area (Å²) in [6.45, 7) is 1.30. The van der Waals surface area contributed by atoms with Crippen LogP contribution in [0.25, 0.3) is 11.4 Å². The molecule has 0 spiro atoms. The first kappa shape index (κ1) is 16.6. The Hall–Kier alpha value is -2.86. The summed E-state index contributed by atoms with van der Waals surface area (Å²) in [6.07, 6.45) is 0.531. The molecule has 4 rings (SSSR count). The number of H-pyrrole nitrogens is 1. The van der Waals surface area contributed by atoms with Crippen LogP contribution in [0.15, 0.2) is 53.3 Å². The molecule has 1 aliphatic heterocycles. The van der Waals surface area contributed by atoms with Crippen LogP contribution in [0, 0.1) is 11.6 Å². The van der Waals surface area contributed by atoms with Gasteiger partial charge in [0.2, 0.25) is 0 Å². The van der Waals surface area contributed by atoms with Gasteiger partial charge in [-0.05, 0) is 24.6 Å². The fourth-order valence-electron chi connectivity index (χ4n) is 3.27. The highest BCUT2D eigenvalue weighted by Gasteiger charge is 2.22. The van der Waals surface area contributed by atoms with Gasteiger partial charge in [-0.3, -0.25) is 9.69 Å². The lowest BCUT2D eigenvalue weighted by Crippen LogP contribution is -2.35. The van der Waals surface area contributed by atoms with E-state index in [-0.39, 0.29) is 12.1 Å². The van der Waals surface area contributed by atoms with Crippen molar-refractivity contribution in [3.8, 4) is 11.4 Å². The molecule has 0 fully saturated rings. The van der Waals surface area contributed by atoms with E-state index in [0.717, 1.165) is 17.7 Å². The minimum absolute atomic E-state index is 0.134. The van der Waals surface area contributed by atoms with Crippen molar-refractivity contribution in [2.24, 2.45) is 0 Å². The molecule has 0 unspecified atom stereocenters. The zero-order chi connectivity index (χ0) is 18.1. The van der Waals surface area contributed by atoms with Crippen LogP contribution in [0.5, 0.6) is 0 Å². The van der Waals surface area contributed by atoms with E-state index in [0.29, 0.717) is 42.2 Å². The number of fused-ring (bicyclic) bond motifs is 1. The fraction of sp³-hybridized carbons (Fsp3) is 0.200. The average molecular weight is 353 g/mol. The smallest absolute Gasteiger partial charge is 0.254 e. The second-order valence-corrected chi connectivity index (χ2v) is 6.40. The molecule has 2 heterocycles. The van der Waals surface area contributed by atoms with Crippen LogP contribution in [-0.4, -0.2) is 21.4 Å². The lowest BCUT2D eigenvalue weighted by molar-refractivity contribution is 0.237. The Bertz CT molecular complexity index is 1000. The molecule has 2 aromatic carbocycles. The van der Waals surface area contributed by atoms with E-state index in [9.17, 15) is 13.6 Å². The van der Waals surface area contributed by atoms with Gasteiger partial charge in [-0.25, -0.2) is 13.8 Å². The normalized spacial score (nSPS) is 14.2. The number of rotatable bonds is 3. The number of nitrogens with zero attached hydrogens (tertiary/aromatic N) is 2. The largest absolute Gasteiger partial charge is 0.306 e. The maximum atomic E-state index is 13.9. The molecule has 0 bridgehead atoms.